The quantitative estimate of drug-likeness (QED) is 0.200. The molecule has 2 heterocycles. The fourth-order valence-electron chi connectivity index (χ4n) is 3.64. The van der Waals surface area contributed by atoms with Gasteiger partial charge in [0.1, 0.15) is 5.75 Å². The number of carboxylic acid groups (broad SMARTS) is 2. The number of hydrogen-bond donors (Lipinski definition) is 4. The van der Waals surface area contributed by atoms with E-state index in [1.54, 1.807) is 13.0 Å². The summed E-state index contributed by atoms with van der Waals surface area (Å²) in [6.45, 7) is 2.07. The molecule has 8 nitrogen and oxygen atoms in total. The molecule has 4 aromatic rings. The molecule has 0 bridgehead atoms. The zero-order valence-corrected chi connectivity index (χ0v) is 21.4. The Balaban J connectivity index is 1.42. The second-order valence-corrected chi connectivity index (χ2v) is 10.3. The molecule has 10 heteroatoms. The van der Waals surface area contributed by atoms with Crippen LogP contribution in [0.1, 0.15) is 35.3 Å². The normalized spacial score (nSPS) is 10.6. The zero-order valence-electron chi connectivity index (χ0n) is 19.8. The lowest BCUT2D eigenvalue weighted by molar-refractivity contribution is -0.139. The molecular formula is C27H24N2O6S2. The minimum Gasteiger partial charge on any atom is -0.480 e. The third-order valence-corrected chi connectivity index (χ3v) is 7.79. The van der Waals surface area contributed by atoms with Crippen molar-refractivity contribution in [3.8, 4) is 16.2 Å². The molecule has 2 aromatic carbocycles. The van der Waals surface area contributed by atoms with Gasteiger partial charge in [-0.1, -0.05) is 42.5 Å². The predicted molar refractivity (Wildman–Crippen MR) is 144 cm³/mol. The Morgan fingerprint density at radius 3 is 2.43 bits per heavy atom. The first-order valence-corrected chi connectivity index (χ1v) is 12.9. The van der Waals surface area contributed by atoms with Crippen molar-refractivity contribution in [2.24, 2.45) is 0 Å². The van der Waals surface area contributed by atoms with E-state index in [2.05, 4.69) is 10.6 Å². The highest BCUT2D eigenvalue weighted by molar-refractivity contribution is 7.18. The summed E-state index contributed by atoms with van der Waals surface area (Å²) in [5.41, 5.74) is 3.21. The number of carbonyl (C=O) groups is 3. The van der Waals surface area contributed by atoms with E-state index in [0.29, 0.717) is 28.4 Å². The number of ether oxygens (including phenoxy) is 1. The third-order valence-electron chi connectivity index (χ3n) is 5.40. The molecule has 190 valence electrons. The number of rotatable bonds is 11. The average Bonchev–Trinajstić information content (AvgIpc) is 3.50. The number of aliphatic carboxylic acids is 1. The van der Waals surface area contributed by atoms with Gasteiger partial charge >= 0.3 is 11.9 Å². The van der Waals surface area contributed by atoms with Gasteiger partial charge in [0, 0.05) is 34.1 Å². The molecule has 0 saturated heterocycles. The van der Waals surface area contributed by atoms with Gasteiger partial charge in [-0.15, -0.1) is 22.7 Å². The van der Waals surface area contributed by atoms with Crippen molar-refractivity contribution in [3.05, 3.63) is 92.5 Å². The first-order valence-electron chi connectivity index (χ1n) is 11.3. The Kier molecular flexibility index (Phi) is 8.22. The maximum Gasteiger partial charge on any atom is 0.349 e. The Bertz CT molecular complexity index is 1430. The van der Waals surface area contributed by atoms with Gasteiger partial charge < -0.3 is 25.6 Å². The van der Waals surface area contributed by atoms with Crippen LogP contribution in [0.4, 0.5) is 5.69 Å². The molecular weight excluding hydrogens is 512 g/mol. The monoisotopic (exact) mass is 536 g/mol. The van der Waals surface area contributed by atoms with Crippen LogP contribution in [0.5, 0.6) is 5.75 Å². The van der Waals surface area contributed by atoms with E-state index in [9.17, 15) is 19.5 Å². The summed E-state index contributed by atoms with van der Waals surface area (Å²) >= 11 is 2.46. The Morgan fingerprint density at radius 1 is 0.919 bits per heavy atom. The van der Waals surface area contributed by atoms with Crippen molar-refractivity contribution < 1.29 is 29.3 Å². The summed E-state index contributed by atoms with van der Waals surface area (Å²) in [6, 6.07) is 20.9. The standard InChI is InChI=1S/C27H24N2O6S2/c1-16-23(35-15-22(30)31)25(27(33)34)37-24(16)18-8-5-9-19(12-18)28-14-20-10-11-21(36-20)26(32)29-13-17-6-3-2-4-7-17/h2-12,28H,13-15H2,1H3,(H,29,32)(H,30,31)(H,33,34). The van der Waals surface area contributed by atoms with Gasteiger partial charge in [-0.05, 0) is 42.3 Å². The van der Waals surface area contributed by atoms with Crippen LogP contribution in [0.15, 0.2) is 66.7 Å². The maximum absolute atomic E-state index is 12.5. The fraction of sp³-hybridized carbons (Fsp3) is 0.148. The molecule has 4 N–H and O–H groups in total. The number of anilines is 1. The molecule has 0 aliphatic rings. The molecule has 2 aromatic heterocycles. The number of nitrogens with one attached hydrogen (secondary N) is 2. The van der Waals surface area contributed by atoms with Crippen LogP contribution in [0, 0.1) is 6.92 Å². The first-order chi connectivity index (χ1) is 17.8. The van der Waals surface area contributed by atoms with Crippen molar-refractivity contribution >= 4 is 46.2 Å². The van der Waals surface area contributed by atoms with E-state index in [1.165, 1.54) is 11.3 Å². The smallest absolute Gasteiger partial charge is 0.349 e. The Morgan fingerprint density at radius 2 is 1.70 bits per heavy atom. The second kappa shape index (κ2) is 11.7. The number of carboxylic acids is 2. The molecule has 0 radical (unpaired) electrons. The van der Waals surface area contributed by atoms with Gasteiger partial charge in [0.15, 0.2) is 11.5 Å². The van der Waals surface area contributed by atoms with Crippen molar-refractivity contribution in [1.29, 1.82) is 0 Å². The van der Waals surface area contributed by atoms with Crippen LogP contribution < -0.4 is 15.4 Å². The molecule has 0 saturated carbocycles. The largest absolute Gasteiger partial charge is 0.480 e. The minimum atomic E-state index is -1.18. The van der Waals surface area contributed by atoms with Crippen LogP contribution in [-0.2, 0) is 17.9 Å². The lowest BCUT2D eigenvalue weighted by atomic mass is 10.1. The topological polar surface area (TPSA) is 125 Å². The number of hydrogen-bond acceptors (Lipinski definition) is 7. The van der Waals surface area contributed by atoms with E-state index in [4.69, 9.17) is 9.84 Å². The second-order valence-electron chi connectivity index (χ2n) is 8.07. The fourth-order valence-corrected chi connectivity index (χ4v) is 5.59. The summed E-state index contributed by atoms with van der Waals surface area (Å²) in [5, 5.41) is 24.7. The van der Waals surface area contributed by atoms with Crippen LogP contribution >= 0.6 is 22.7 Å². The SMILES string of the molecule is Cc1c(-c2cccc(NCc3ccc(C(=O)NCc4ccccc4)s3)c2)sc(C(=O)O)c1OCC(=O)O. The average molecular weight is 537 g/mol. The highest BCUT2D eigenvalue weighted by Gasteiger charge is 2.23. The third kappa shape index (κ3) is 6.54. The van der Waals surface area contributed by atoms with Crippen molar-refractivity contribution in [3.63, 3.8) is 0 Å². The summed E-state index contributed by atoms with van der Waals surface area (Å²) < 4.78 is 5.28. The minimum absolute atomic E-state index is 0.0382. The molecule has 1 amide bonds. The molecule has 0 unspecified atom stereocenters. The summed E-state index contributed by atoms with van der Waals surface area (Å²) in [7, 11) is 0. The van der Waals surface area contributed by atoms with Gasteiger partial charge in [0.25, 0.3) is 5.91 Å². The van der Waals surface area contributed by atoms with Crippen LogP contribution in [0.2, 0.25) is 0 Å². The van der Waals surface area contributed by atoms with E-state index >= 15 is 0 Å². The van der Waals surface area contributed by atoms with Crippen molar-refractivity contribution in [2.45, 2.75) is 20.0 Å². The van der Waals surface area contributed by atoms with Gasteiger partial charge in [0.2, 0.25) is 0 Å². The number of carbonyl (C=O) groups excluding carboxylic acids is 1. The molecule has 37 heavy (non-hydrogen) atoms. The Labute approximate surface area is 221 Å². The molecule has 0 aliphatic heterocycles. The van der Waals surface area contributed by atoms with Crippen LogP contribution in [0.25, 0.3) is 10.4 Å². The molecule has 0 spiro atoms. The number of thiophene rings is 2. The lowest BCUT2D eigenvalue weighted by Crippen LogP contribution is -2.21. The highest BCUT2D eigenvalue weighted by atomic mass is 32.1. The number of amides is 1. The van der Waals surface area contributed by atoms with Crippen LogP contribution in [-0.4, -0.2) is 34.7 Å². The summed E-state index contributed by atoms with van der Waals surface area (Å²) in [5.74, 6) is -2.40. The zero-order chi connectivity index (χ0) is 26.4. The van der Waals surface area contributed by atoms with Gasteiger partial charge in [-0.25, -0.2) is 9.59 Å². The van der Waals surface area contributed by atoms with Crippen molar-refractivity contribution in [2.75, 3.05) is 11.9 Å². The van der Waals surface area contributed by atoms with Crippen LogP contribution in [0.3, 0.4) is 0 Å². The maximum atomic E-state index is 12.5. The van der Waals surface area contributed by atoms with E-state index < -0.39 is 18.5 Å². The molecule has 0 aliphatic carbocycles. The summed E-state index contributed by atoms with van der Waals surface area (Å²) in [6.07, 6.45) is 0. The number of aromatic carboxylic acids is 1. The summed E-state index contributed by atoms with van der Waals surface area (Å²) in [4.78, 5) is 37.4. The molecule has 4 rings (SSSR count). The van der Waals surface area contributed by atoms with E-state index in [-0.39, 0.29) is 16.5 Å². The lowest BCUT2D eigenvalue weighted by Gasteiger charge is -2.08. The first kappa shape index (κ1) is 25.9. The molecule has 0 fully saturated rings. The van der Waals surface area contributed by atoms with Gasteiger partial charge in [-0.2, -0.15) is 0 Å². The van der Waals surface area contributed by atoms with Gasteiger partial charge in [0.05, 0.1) is 4.88 Å². The van der Waals surface area contributed by atoms with Crippen molar-refractivity contribution in [1.82, 2.24) is 5.32 Å². The number of benzene rings is 2. The Hall–Kier alpha value is -4.15. The molecule has 0 atom stereocenters. The predicted octanol–water partition coefficient (Wildman–Crippen LogP) is 5.49. The van der Waals surface area contributed by atoms with E-state index in [0.717, 1.165) is 33.0 Å². The highest BCUT2D eigenvalue weighted by Crippen LogP contribution is 2.42. The van der Waals surface area contributed by atoms with E-state index in [1.807, 2.05) is 60.7 Å². The van der Waals surface area contributed by atoms with Gasteiger partial charge in [-0.3, -0.25) is 4.79 Å².